The summed E-state index contributed by atoms with van der Waals surface area (Å²) in [6.45, 7) is 9.83. The summed E-state index contributed by atoms with van der Waals surface area (Å²) in [7, 11) is 0. The predicted molar refractivity (Wildman–Crippen MR) is 56.9 cm³/mol. The third kappa shape index (κ3) is 6.76. The van der Waals surface area contributed by atoms with Crippen molar-refractivity contribution in [1.29, 1.82) is 0 Å². The van der Waals surface area contributed by atoms with Gasteiger partial charge in [0.2, 0.25) is 0 Å². The van der Waals surface area contributed by atoms with Crippen LogP contribution in [0.25, 0.3) is 0 Å². The first-order valence-corrected chi connectivity index (χ1v) is 5.31. The molecule has 0 fully saturated rings. The van der Waals surface area contributed by atoms with Crippen molar-refractivity contribution in [2.45, 2.75) is 53.0 Å². The fraction of sp³-hybridized carbons (Fsp3) is 0.909. The maximum atomic E-state index is 10.9. The number of carbonyl (C=O) groups excluding carboxylic acids is 1. The predicted octanol–water partition coefficient (Wildman–Crippen LogP) is 2.48. The van der Waals surface area contributed by atoms with Gasteiger partial charge in [-0.25, -0.2) is 0 Å². The normalized spacial score (nSPS) is 11.2. The molecule has 0 unspecified atom stereocenters. The van der Waals surface area contributed by atoms with Gasteiger partial charge in [0, 0.05) is 6.04 Å². The van der Waals surface area contributed by atoms with Gasteiger partial charge in [-0.2, -0.15) is 0 Å². The van der Waals surface area contributed by atoms with Gasteiger partial charge >= 0.3 is 0 Å². The average Bonchev–Trinajstić information content (AvgIpc) is 2.02. The quantitative estimate of drug-likeness (QED) is 0.568. The molecule has 0 aliphatic rings. The first kappa shape index (κ1) is 12.6. The molecule has 0 rings (SSSR count). The summed E-state index contributed by atoms with van der Waals surface area (Å²) in [5.74, 6) is 0.269. The second-order valence-electron chi connectivity index (χ2n) is 3.97. The number of Topliss-reactive ketones (excluding diaryl/α,β-unsaturated/α-hetero) is 1. The van der Waals surface area contributed by atoms with Crippen molar-refractivity contribution in [1.82, 2.24) is 4.90 Å². The Hall–Kier alpha value is -0.370. The molecule has 0 atom stereocenters. The van der Waals surface area contributed by atoms with Crippen molar-refractivity contribution in [3.05, 3.63) is 0 Å². The summed E-state index contributed by atoms with van der Waals surface area (Å²) in [5, 5.41) is 0. The van der Waals surface area contributed by atoms with Crippen LogP contribution in [0.5, 0.6) is 0 Å². The third-order valence-electron chi connectivity index (χ3n) is 2.20. The van der Waals surface area contributed by atoms with E-state index in [0.29, 0.717) is 12.6 Å². The van der Waals surface area contributed by atoms with E-state index in [4.69, 9.17) is 0 Å². The highest BCUT2D eigenvalue weighted by Gasteiger charge is 2.10. The Morgan fingerprint density at radius 2 is 1.92 bits per heavy atom. The standard InChI is InChI=1S/C11H23NO/c1-5-6-7-8-12(10(2)3)9-11(4)13/h10H,5-9H2,1-4H3. The van der Waals surface area contributed by atoms with Crippen molar-refractivity contribution in [3.63, 3.8) is 0 Å². The Morgan fingerprint density at radius 3 is 2.31 bits per heavy atom. The van der Waals surface area contributed by atoms with Crippen LogP contribution in [0, 0.1) is 0 Å². The lowest BCUT2D eigenvalue weighted by atomic mass is 10.2. The Kier molecular flexibility index (Phi) is 6.87. The lowest BCUT2D eigenvalue weighted by Crippen LogP contribution is -2.35. The van der Waals surface area contributed by atoms with E-state index in [1.54, 1.807) is 6.92 Å². The fourth-order valence-corrected chi connectivity index (χ4v) is 1.37. The number of hydrogen-bond acceptors (Lipinski definition) is 2. The second-order valence-corrected chi connectivity index (χ2v) is 3.97. The largest absolute Gasteiger partial charge is 0.299 e. The van der Waals surface area contributed by atoms with E-state index in [9.17, 15) is 4.79 Å². The van der Waals surface area contributed by atoms with Crippen LogP contribution in [0.2, 0.25) is 0 Å². The van der Waals surface area contributed by atoms with Crippen LogP contribution in [0.4, 0.5) is 0 Å². The first-order valence-electron chi connectivity index (χ1n) is 5.31. The number of nitrogens with zero attached hydrogens (tertiary/aromatic N) is 1. The molecular formula is C11H23NO. The second kappa shape index (κ2) is 7.07. The monoisotopic (exact) mass is 185 g/mol. The van der Waals surface area contributed by atoms with Crippen LogP contribution in [0.15, 0.2) is 0 Å². The molecule has 0 aliphatic carbocycles. The van der Waals surface area contributed by atoms with E-state index in [-0.39, 0.29) is 5.78 Å². The van der Waals surface area contributed by atoms with Crippen LogP contribution in [-0.2, 0) is 4.79 Å². The van der Waals surface area contributed by atoms with Crippen LogP contribution >= 0.6 is 0 Å². The molecule has 2 nitrogen and oxygen atoms in total. The van der Waals surface area contributed by atoms with Gasteiger partial charge in [0.05, 0.1) is 6.54 Å². The third-order valence-corrected chi connectivity index (χ3v) is 2.20. The lowest BCUT2D eigenvalue weighted by Gasteiger charge is -2.24. The Labute approximate surface area is 82.3 Å². The van der Waals surface area contributed by atoms with Crippen LogP contribution in [-0.4, -0.2) is 29.8 Å². The van der Waals surface area contributed by atoms with E-state index in [1.807, 2.05) is 0 Å². The van der Waals surface area contributed by atoms with Gasteiger partial charge in [0.25, 0.3) is 0 Å². The Bertz CT molecular complexity index is 143. The Balaban J connectivity index is 3.74. The van der Waals surface area contributed by atoms with Crippen molar-refractivity contribution < 1.29 is 4.79 Å². The molecule has 0 amide bonds. The van der Waals surface area contributed by atoms with Gasteiger partial charge in [0.15, 0.2) is 0 Å². The summed E-state index contributed by atoms with van der Waals surface area (Å²) in [5.41, 5.74) is 0. The van der Waals surface area contributed by atoms with Gasteiger partial charge < -0.3 is 0 Å². The van der Waals surface area contributed by atoms with Crippen molar-refractivity contribution in [2.75, 3.05) is 13.1 Å². The number of ketones is 1. The first-order chi connectivity index (χ1) is 6.07. The van der Waals surface area contributed by atoms with E-state index >= 15 is 0 Å². The molecule has 0 heterocycles. The maximum Gasteiger partial charge on any atom is 0.143 e. The van der Waals surface area contributed by atoms with Crippen molar-refractivity contribution in [3.8, 4) is 0 Å². The van der Waals surface area contributed by atoms with E-state index in [1.165, 1.54) is 19.3 Å². The van der Waals surface area contributed by atoms with Gasteiger partial charge in [-0.05, 0) is 33.7 Å². The SMILES string of the molecule is CCCCCN(CC(C)=O)C(C)C. The van der Waals surface area contributed by atoms with Crippen LogP contribution < -0.4 is 0 Å². The number of rotatable bonds is 7. The highest BCUT2D eigenvalue weighted by Crippen LogP contribution is 2.02. The van der Waals surface area contributed by atoms with E-state index < -0.39 is 0 Å². The van der Waals surface area contributed by atoms with Gasteiger partial charge in [0.1, 0.15) is 5.78 Å². The molecule has 2 heteroatoms. The zero-order chi connectivity index (χ0) is 10.3. The topological polar surface area (TPSA) is 20.3 Å². The lowest BCUT2D eigenvalue weighted by molar-refractivity contribution is -0.118. The number of unbranched alkanes of at least 4 members (excludes halogenated alkanes) is 2. The van der Waals surface area contributed by atoms with Crippen LogP contribution in [0.3, 0.4) is 0 Å². The molecule has 78 valence electrons. The summed E-state index contributed by atoms with van der Waals surface area (Å²) < 4.78 is 0. The smallest absolute Gasteiger partial charge is 0.143 e. The van der Waals surface area contributed by atoms with E-state index in [0.717, 1.165) is 6.54 Å². The number of carbonyl (C=O) groups is 1. The molecule has 0 aliphatic heterocycles. The summed E-state index contributed by atoms with van der Waals surface area (Å²) in [4.78, 5) is 13.2. The molecule has 0 N–H and O–H groups in total. The molecule has 0 aromatic heterocycles. The zero-order valence-electron chi connectivity index (χ0n) is 9.47. The van der Waals surface area contributed by atoms with Crippen molar-refractivity contribution in [2.24, 2.45) is 0 Å². The minimum atomic E-state index is 0.269. The summed E-state index contributed by atoms with van der Waals surface area (Å²) >= 11 is 0. The minimum absolute atomic E-state index is 0.269. The number of hydrogen-bond donors (Lipinski definition) is 0. The molecule has 0 saturated heterocycles. The highest BCUT2D eigenvalue weighted by atomic mass is 16.1. The average molecular weight is 185 g/mol. The van der Waals surface area contributed by atoms with E-state index in [2.05, 4.69) is 25.7 Å². The molecule has 0 bridgehead atoms. The minimum Gasteiger partial charge on any atom is -0.299 e. The molecule has 0 radical (unpaired) electrons. The molecule has 0 aromatic carbocycles. The Morgan fingerprint density at radius 1 is 1.31 bits per heavy atom. The zero-order valence-corrected chi connectivity index (χ0v) is 9.47. The molecule has 0 saturated carbocycles. The van der Waals surface area contributed by atoms with Crippen LogP contribution in [0.1, 0.15) is 47.0 Å². The molecule has 13 heavy (non-hydrogen) atoms. The summed E-state index contributed by atoms with van der Waals surface area (Å²) in [6.07, 6.45) is 3.72. The molecule has 0 aromatic rings. The summed E-state index contributed by atoms with van der Waals surface area (Å²) in [6, 6.07) is 0.487. The van der Waals surface area contributed by atoms with Gasteiger partial charge in [-0.3, -0.25) is 9.69 Å². The highest BCUT2D eigenvalue weighted by molar-refractivity contribution is 5.77. The fourth-order valence-electron chi connectivity index (χ4n) is 1.37. The van der Waals surface area contributed by atoms with Crippen molar-refractivity contribution >= 4 is 5.78 Å². The van der Waals surface area contributed by atoms with Gasteiger partial charge in [-0.1, -0.05) is 19.8 Å². The molecular weight excluding hydrogens is 162 g/mol. The maximum absolute atomic E-state index is 10.9. The molecule has 0 spiro atoms. The van der Waals surface area contributed by atoms with Gasteiger partial charge in [-0.15, -0.1) is 0 Å².